The molecule has 0 aliphatic carbocycles. The molecule has 0 fully saturated rings. The number of aromatic nitrogens is 2. The number of amides is 2. The van der Waals surface area contributed by atoms with Crippen molar-refractivity contribution in [2.45, 2.75) is 26.3 Å². The van der Waals surface area contributed by atoms with E-state index in [4.69, 9.17) is 0 Å². The van der Waals surface area contributed by atoms with Crippen LogP contribution >= 0.6 is 0 Å². The minimum atomic E-state index is -0.318. The van der Waals surface area contributed by atoms with Gasteiger partial charge in [0.1, 0.15) is 0 Å². The number of nitrogens with one attached hydrogen (secondary N) is 1. The van der Waals surface area contributed by atoms with Crippen LogP contribution in [0.1, 0.15) is 40.1 Å². The zero-order chi connectivity index (χ0) is 23.7. The van der Waals surface area contributed by atoms with Crippen molar-refractivity contribution in [2.24, 2.45) is 0 Å². The molecule has 1 atom stereocenters. The van der Waals surface area contributed by atoms with Crippen LogP contribution in [0.15, 0.2) is 85.3 Å². The highest BCUT2D eigenvalue weighted by atomic mass is 16.2. The third kappa shape index (κ3) is 4.18. The van der Waals surface area contributed by atoms with Crippen molar-refractivity contribution in [1.82, 2.24) is 15.3 Å². The van der Waals surface area contributed by atoms with Crippen LogP contribution in [0.25, 0.3) is 11.1 Å². The van der Waals surface area contributed by atoms with Crippen LogP contribution in [0.3, 0.4) is 0 Å². The van der Waals surface area contributed by atoms with Gasteiger partial charge in [-0.25, -0.2) is 0 Å². The Morgan fingerprint density at radius 1 is 1.00 bits per heavy atom. The third-order valence-corrected chi connectivity index (χ3v) is 6.02. The van der Waals surface area contributed by atoms with Crippen molar-refractivity contribution in [3.8, 4) is 11.1 Å². The van der Waals surface area contributed by atoms with Gasteiger partial charge in [-0.15, -0.1) is 0 Å². The third-order valence-electron chi connectivity index (χ3n) is 6.02. The van der Waals surface area contributed by atoms with Gasteiger partial charge in [0.2, 0.25) is 5.91 Å². The van der Waals surface area contributed by atoms with Gasteiger partial charge in [0.25, 0.3) is 5.91 Å². The summed E-state index contributed by atoms with van der Waals surface area (Å²) in [5, 5.41) is 3.00. The van der Waals surface area contributed by atoms with Gasteiger partial charge in [-0.1, -0.05) is 48.0 Å². The van der Waals surface area contributed by atoms with Gasteiger partial charge in [0.15, 0.2) is 0 Å². The number of nitrogens with zero attached hydrogens (tertiary/aromatic N) is 3. The predicted molar refractivity (Wildman–Crippen MR) is 132 cm³/mol. The summed E-state index contributed by atoms with van der Waals surface area (Å²) < 4.78 is 0. The molecule has 1 aliphatic rings. The fraction of sp³-hybridized carbons (Fsp3) is 0.143. The molecule has 4 aromatic rings. The van der Waals surface area contributed by atoms with Crippen LogP contribution in [-0.2, 0) is 11.2 Å². The van der Waals surface area contributed by atoms with E-state index in [-0.39, 0.29) is 17.9 Å². The predicted octanol–water partition coefficient (Wildman–Crippen LogP) is 5.16. The highest BCUT2D eigenvalue weighted by molar-refractivity contribution is 6.08. The molecule has 0 saturated heterocycles. The maximum Gasteiger partial charge on any atom is 0.251 e. The first-order valence-electron chi connectivity index (χ1n) is 11.2. The van der Waals surface area contributed by atoms with E-state index in [1.54, 1.807) is 29.6 Å². The Hall–Kier alpha value is -4.32. The first-order valence-corrected chi connectivity index (χ1v) is 11.2. The Bertz CT molecular complexity index is 1370. The van der Waals surface area contributed by atoms with Gasteiger partial charge in [-0.3, -0.25) is 24.5 Å². The molecule has 0 bridgehead atoms. The summed E-state index contributed by atoms with van der Waals surface area (Å²) in [5.74, 6) is -0.255. The van der Waals surface area contributed by atoms with Crippen molar-refractivity contribution >= 4 is 23.2 Å². The Kier molecular flexibility index (Phi) is 5.64. The number of aryl methyl sites for hydroxylation is 1. The number of carbonyl (C=O) groups excluding carboxylic acids is 2. The topological polar surface area (TPSA) is 75.2 Å². The molecular formula is C28H24N4O2. The molecular weight excluding hydrogens is 424 g/mol. The van der Waals surface area contributed by atoms with E-state index >= 15 is 0 Å². The lowest BCUT2D eigenvalue weighted by Crippen LogP contribution is -2.28. The number of fused-ring (bicyclic) bond motifs is 1. The van der Waals surface area contributed by atoms with Gasteiger partial charge >= 0.3 is 0 Å². The summed E-state index contributed by atoms with van der Waals surface area (Å²) >= 11 is 0. The fourth-order valence-corrected chi connectivity index (χ4v) is 4.21. The number of hydrogen-bond donors (Lipinski definition) is 1. The van der Waals surface area contributed by atoms with Crippen molar-refractivity contribution in [3.05, 3.63) is 108 Å². The molecule has 0 saturated carbocycles. The number of carbonyl (C=O) groups is 2. The van der Waals surface area contributed by atoms with Crippen LogP contribution in [-0.4, -0.2) is 21.8 Å². The van der Waals surface area contributed by atoms with Crippen molar-refractivity contribution < 1.29 is 9.59 Å². The molecule has 2 heterocycles. The molecule has 6 nitrogen and oxygen atoms in total. The van der Waals surface area contributed by atoms with Crippen LogP contribution in [0.2, 0.25) is 0 Å². The molecule has 0 radical (unpaired) electrons. The molecule has 3 aromatic carbocycles. The minimum Gasteiger partial charge on any atom is -0.344 e. The summed E-state index contributed by atoms with van der Waals surface area (Å²) in [6.07, 6.45) is 5.18. The van der Waals surface area contributed by atoms with Gasteiger partial charge in [-0.05, 0) is 54.8 Å². The number of anilines is 2. The van der Waals surface area contributed by atoms with E-state index in [2.05, 4.69) is 15.3 Å². The number of rotatable bonds is 5. The number of hydrogen-bond acceptors (Lipinski definition) is 4. The lowest BCUT2D eigenvalue weighted by atomic mass is 10.00. The fourth-order valence-electron chi connectivity index (χ4n) is 4.21. The van der Waals surface area contributed by atoms with Crippen LogP contribution < -0.4 is 10.2 Å². The van der Waals surface area contributed by atoms with E-state index in [1.807, 2.05) is 74.5 Å². The lowest BCUT2D eigenvalue weighted by molar-refractivity contribution is -0.116. The van der Waals surface area contributed by atoms with E-state index < -0.39 is 0 Å². The maximum atomic E-state index is 13.3. The Morgan fingerprint density at radius 2 is 1.79 bits per heavy atom. The summed E-state index contributed by atoms with van der Waals surface area (Å²) in [4.78, 5) is 36.3. The standard InChI is InChI=1S/C28H24N4O2/c1-18-7-9-20(10-8-18)22-13-23(28(34)31-19(2)25-17-29-11-12-30-25)15-24(14-22)32-26-6-4-3-5-21(26)16-27(32)33/h3-15,17,19H,16H2,1-2H3,(H,31,34). The monoisotopic (exact) mass is 448 g/mol. The van der Waals surface area contributed by atoms with E-state index in [1.165, 1.54) is 0 Å². The maximum absolute atomic E-state index is 13.3. The van der Waals surface area contributed by atoms with Crippen LogP contribution in [0, 0.1) is 6.92 Å². The van der Waals surface area contributed by atoms with Gasteiger partial charge in [0, 0.05) is 18.0 Å². The summed E-state index contributed by atoms with van der Waals surface area (Å²) in [6.45, 7) is 3.90. The molecule has 0 spiro atoms. The van der Waals surface area contributed by atoms with Gasteiger partial charge in [0.05, 0.1) is 35.7 Å². The first-order chi connectivity index (χ1) is 16.5. The Labute approximate surface area is 198 Å². The van der Waals surface area contributed by atoms with Gasteiger partial charge < -0.3 is 5.32 Å². The van der Waals surface area contributed by atoms with Crippen LogP contribution in [0.5, 0.6) is 0 Å². The lowest BCUT2D eigenvalue weighted by Gasteiger charge is -2.21. The normalized spacial score (nSPS) is 13.5. The summed E-state index contributed by atoms with van der Waals surface area (Å²) in [7, 11) is 0. The average Bonchev–Trinajstić information content (AvgIpc) is 3.20. The minimum absolute atomic E-state index is 0.0125. The second kappa shape index (κ2) is 8.90. The van der Waals surface area contributed by atoms with E-state index in [0.29, 0.717) is 23.4 Å². The van der Waals surface area contributed by atoms with E-state index in [0.717, 1.165) is 27.9 Å². The molecule has 1 unspecified atom stereocenters. The summed E-state index contributed by atoms with van der Waals surface area (Å²) in [5.41, 5.74) is 6.65. The van der Waals surface area contributed by atoms with Crippen molar-refractivity contribution in [1.29, 1.82) is 0 Å². The van der Waals surface area contributed by atoms with Crippen LogP contribution in [0.4, 0.5) is 11.4 Å². The molecule has 34 heavy (non-hydrogen) atoms. The van der Waals surface area contributed by atoms with Crippen molar-refractivity contribution in [3.63, 3.8) is 0 Å². The zero-order valence-corrected chi connectivity index (χ0v) is 19.0. The second-order valence-corrected chi connectivity index (χ2v) is 8.49. The highest BCUT2D eigenvalue weighted by Crippen LogP contribution is 2.37. The summed E-state index contributed by atoms with van der Waals surface area (Å²) in [6, 6.07) is 21.2. The SMILES string of the molecule is Cc1ccc(-c2cc(C(=O)NC(C)c3cnccn3)cc(N3C(=O)Cc4ccccc43)c2)cc1. The number of benzene rings is 3. The smallest absolute Gasteiger partial charge is 0.251 e. The van der Waals surface area contributed by atoms with Gasteiger partial charge in [-0.2, -0.15) is 0 Å². The van der Waals surface area contributed by atoms with Crippen molar-refractivity contribution in [2.75, 3.05) is 4.90 Å². The highest BCUT2D eigenvalue weighted by Gasteiger charge is 2.29. The molecule has 1 aliphatic heterocycles. The zero-order valence-electron chi connectivity index (χ0n) is 19.0. The quantitative estimate of drug-likeness (QED) is 0.457. The molecule has 1 aromatic heterocycles. The molecule has 5 rings (SSSR count). The largest absolute Gasteiger partial charge is 0.344 e. The first kappa shape index (κ1) is 21.5. The Morgan fingerprint density at radius 3 is 2.56 bits per heavy atom. The molecule has 2 amide bonds. The average molecular weight is 449 g/mol. The molecule has 1 N–H and O–H groups in total. The number of para-hydroxylation sites is 1. The van der Waals surface area contributed by atoms with E-state index in [9.17, 15) is 9.59 Å². The molecule has 168 valence electrons. The second-order valence-electron chi connectivity index (χ2n) is 8.49. The Balaban J connectivity index is 1.56. The molecule has 6 heteroatoms.